The van der Waals surface area contributed by atoms with Gasteiger partial charge in [-0.15, -0.1) is 0 Å². The molecular weight excluding hydrogens is 728 g/mol. The van der Waals surface area contributed by atoms with E-state index in [0.29, 0.717) is 5.56 Å². The fourth-order valence-electron chi connectivity index (χ4n) is 5.60. The van der Waals surface area contributed by atoms with Gasteiger partial charge in [-0.1, -0.05) is 122 Å². The van der Waals surface area contributed by atoms with Crippen LogP contribution in [0.3, 0.4) is 0 Å². The first-order chi connectivity index (χ1) is 26.4. The summed E-state index contributed by atoms with van der Waals surface area (Å²) in [4.78, 5) is 35.6. The number of anilines is 2. The summed E-state index contributed by atoms with van der Waals surface area (Å²) in [5, 5.41) is 4.93. The number of carbonyl (C=O) groups is 3. The Balaban J connectivity index is 2.09. The Labute approximate surface area is 332 Å². The highest BCUT2D eigenvalue weighted by Gasteiger charge is 2.24. The van der Waals surface area contributed by atoms with Gasteiger partial charge in [-0.25, -0.2) is 22.8 Å². The number of rotatable bonds is 4. The average Bonchev–Trinajstić information content (AvgIpc) is 3.07. The molecule has 0 atom stereocenters. The maximum Gasteiger partial charge on any atom is 0.316 e. The lowest BCUT2D eigenvalue weighted by atomic mass is 9.85. The van der Waals surface area contributed by atoms with Crippen LogP contribution in [0.2, 0.25) is 0 Å². The van der Waals surface area contributed by atoms with Crippen molar-refractivity contribution in [3.05, 3.63) is 128 Å². The van der Waals surface area contributed by atoms with E-state index in [9.17, 15) is 14.4 Å². The molecule has 0 unspecified atom stereocenters. The fraction of sp³-hybridized carbons (Fsp3) is 0.283. The number of halogens is 3. The highest BCUT2D eigenvalue weighted by Crippen LogP contribution is 2.30. The molecule has 0 saturated carbocycles. The van der Waals surface area contributed by atoms with Crippen LogP contribution in [0.15, 0.2) is 54.6 Å². The van der Waals surface area contributed by atoms with Crippen LogP contribution in [-0.4, -0.2) is 18.0 Å². The Kier molecular flexibility index (Phi) is 12.6. The maximum atomic E-state index is 16.5. The lowest BCUT2D eigenvalue weighted by Crippen LogP contribution is -2.20. The van der Waals surface area contributed by atoms with Gasteiger partial charge in [0.25, 0.3) is 0 Å². The normalized spacial score (nSPS) is 11.2. The highest BCUT2D eigenvalue weighted by atomic mass is 19.1. The van der Waals surface area contributed by atoms with Gasteiger partial charge in [0.1, 0.15) is 0 Å². The summed E-state index contributed by atoms with van der Waals surface area (Å²) < 4.78 is 49.6. The molecule has 0 saturated heterocycles. The van der Waals surface area contributed by atoms with Crippen molar-refractivity contribution in [2.75, 3.05) is 10.6 Å². The average molecular weight is 774 g/mol. The number of carbonyl (C=O) groups excluding carboxylic acids is 3. The summed E-state index contributed by atoms with van der Waals surface area (Å²) in [6.45, 7) is 17.6. The number of hydrogen-bond donors (Lipinski definition) is 5. The van der Waals surface area contributed by atoms with E-state index in [1.54, 1.807) is 48.5 Å². The van der Waals surface area contributed by atoms with E-state index in [1.165, 1.54) is 0 Å². The van der Waals surface area contributed by atoms with Crippen molar-refractivity contribution in [2.24, 2.45) is 17.2 Å². The smallest absolute Gasteiger partial charge is 0.316 e. The van der Waals surface area contributed by atoms with E-state index in [1.807, 2.05) is 68.4 Å². The zero-order valence-electron chi connectivity index (χ0n) is 33.5. The molecule has 0 spiro atoms. The van der Waals surface area contributed by atoms with E-state index in [4.69, 9.17) is 17.2 Å². The minimum Gasteiger partial charge on any atom is -0.369 e. The number of urea groups is 2. The Morgan fingerprint density at radius 1 is 0.509 bits per heavy atom. The number of nitrogens with one attached hydrogen (secondary N) is 2. The predicted molar refractivity (Wildman–Crippen MR) is 219 cm³/mol. The van der Waals surface area contributed by atoms with E-state index in [2.05, 4.69) is 46.2 Å². The third-order valence-electron chi connectivity index (χ3n) is 8.91. The molecule has 0 heterocycles. The molecule has 0 aliphatic rings. The topological polar surface area (TPSA) is 153 Å². The molecule has 294 valence electrons. The van der Waals surface area contributed by atoms with E-state index >= 15 is 13.2 Å². The monoisotopic (exact) mass is 773 g/mol. The highest BCUT2D eigenvalue weighted by molar-refractivity contribution is 5.90. The Morgan fingerprint density at radius 3 is 1.14 bits per heavy atom. The first-order valence-electron chi connectivity index (χ1n) is 18.0. The molecule has 0 bridgehead atoms. The maximum absolute atomic E-state index is 16.5. The molecule has 5 amide bonds. The van der Waals surface area contributed by atoms with Crippen molar-refractivity contribution in [2.45, 2.75) is 85.0 Å². The molecule has 0 fully saturated rings. The summed E-state index contributed by atoms with van der Waals surface area (Å²) in [5.74, 6) is 10.9. The van der Waals surface area contributed by atoms with Crippen molar-refractivity contribution in [3.8, 4) is 35.5 Å². The second-order valence-corrected chi connectivity index (χ2v) is 16.6. The molecule has 8 nitrogen and oxygen atoms in total. The van der Waals surface area contributed by atoms with Gasteiger partial charge in [0.05, 0.1) is 34.5 Å². The van der Waals surface area contributed by atoms with Crippen LogP contribution in [0, 0.1) is 53.0 Å². The minimum absolute atomic E-state index is 0.180. The summed E-state index contributed by atoms with van der Waals surface area (Å²) in [7, 11) is 0. The quantitative estimate of drug-likeness (QED) is 0.133. The molecule has 4 rings (SSSR count). The minimum atomic E-state index is -1.41. The third kappa shape index (κ3) is 10.8. The number of nitrogens with two attached hydrogens (primary N) is 3. The standard InChI is InChI=1S/C46H46F3N5O3/c1-44(2,3)30-14-10-27(25-38(50)55)26(22-30)11-17-33-39(47)34(18-12-28-23-31(45(4,5)6)15-20-36(28)53-42(51)56)41(49)35(40(33)48)19-13-29-24-32(46(7,8)9)16-21-37(29)54-43(52)57/h10,14-16,20-24H,25H2,1-9H3,(H2,50,55)(H3,51,53,56)(H3,52,54,57). The molecule has 0 aliphatic heterocycles. The van der Waals surface area contributed by atoms with Crippen molar-refractivity contribution in [3.63, 3.8) is 0 Å². The van der Waals surface area contributed by atoms with Crippen LogP contribution in [0.4, 0.5) is 34.1 Å². The molecule has 0 aromatic heterocycles. The van der Waals surface area contributed by atoms with Gasteiger partial charge in [0.15, 0.2) is 17.5 Å². The number of hydrogen-bond acceptors (Lipinski definition) is 3. The molecule has 4 aromatic carbocycles. The molecule has 0 radical (unpaired) electrons. The number of benzene rings is 4. The van der Waals surface area contributed by atoms with Crippen LogP contribution in [0.5, 0.6) is 0 Å². The van der Waals surface area contributed by atoms with Crippen LogP contribution >= 0.6 is 0 Å². The molecule has 11 heteroatoms. The van der Waals surface area contributed by atoms with Crippen LogP contribution in [0.25, 0.3) is 0 Å². The van der Waals surface area contributed by atoms with Crippen molar-refractivity contribution < 1.29 is 27.6 Å². The number of primary amides is 3. The molecular formula is C46H46F3N5O3. The third-order valence-corrected chi connectivity index (χ3v) is 8.91. The SMILES string of the molecule is CC(C)(C)c1ccc(CC(N)=O)c(C#Cc2c(F)c(C#Cc3cc(C(C)(C)C)ccc3NC(N)=O)c(F)c(C#Cc3cc(C(C)(C)C)ccc3NC(N)=O)c2F)c1. The summed E-state index contributed by atoms with van der Waals surface area (Å²) in [6.07, 6.45) is -0.194. The first-order valence-corrected chi connectivity index (χ1v) is 18.0. The van der Waals surface area contributed by atoms with E-state index in [0.717, 1.165) is 16.7 Å². The van der Waals surface area contributed by atoms with Crippen LogP contribution < -0.4 is 27.8 Å². The molecule has 4 aromatic rings. The lowest BCUT2D eigenvalue weighted by Gasteiger charge is -2.20. The van der Waals surface area contributed by atoms with E-state index < -0.39 is 52.1 Å². The zero-order valence-corrected chi connectivity index (χ0v) is 33.5. The van der Waals surface area contributed by atoms with Gasteiger partial charge in [-0.05, 0) is 68.8 Å². The van der Waals surface area contributed by atoms with E-state index in [-0.39, 0.29) is 50.7 Å². The second kappa shape index (κ2) is 16.6. The van der Waals surface area contributed by atoms with Gasteiger partial charge in [0, 0.05) is 16.7 Å². The van der Waals surface area contributed by atoms with Gasteiger partial charge >= 0.3 is 12.1 Å². The summed E-state index contributed by atoms with van der Waals surface area (Å²) >= 11 is 0. The van der Waals surface area contributed by atoms with Crippen molar-refractivity contribution in [1.29, 1.82) is 0 Å². The van der Waals surface area contributed by atoms with Gasteiger partial charge in [0.2, 0.25) is 5.91 Å². The van der Waals surface area contributed by atoms with Crippen molar-refractivity contribution >= 4 is 29.3 Å². The summed E-state index contributed by atoms with van der Waals surface area (Å²) in [6, 6.07) is 13.4. The summed E-state index contributed by atoms with van der Waals surface area (Å²) in [5.41, 5.74) is 16.5. The fourth-order valence-corrected chi connectivity index (χ4v) is 5.60. The number of amides is 5. The van der Waals surface area contributed by atoms with Gasteiger partial charge < -0.3 is 27.8 Å². The molecule has 8 N–H and O–H groups in total. The van der Waals surface area contributed by atoms with Crippen LogP contribution in [-0.2, 0) is 27.5 Å². The largest absolute Gasteiger partial charge is 0.369 e. The predicted octanol–water partition coefficient (Wildman–Crippen LogP) is 8.20. The van der Waals surface area contributed by atoms with Gasteiger partial charge in [-0.3, -0.25) is 4.79 Å². The first kappa shape index (κ1) is 43.1. The van der Waals surface area contributed by atoms with Crippen molar-refractivity contribution in [1.82, 2.24) is 0 Å². The Morgan fingerprint density at radius 2 is 0.825 bits per heavy atom. The molecule has 0 aliphatic carbocycles. The lowest BCUT2D eigenvalue weighted by molar-refractivity contribution is -0.117. The van der Waals surface area contributed by atoms with Gasteiger partial charge in [-0.2, -0.15) is 0 Å². The Bertz CT molecular complexity index is 2190. The molecule has 57 heavy (non-hydrogen) atoms. The second-order valence-electron chi connectivity index (χ2n) is 16.6. The zero-order chi connectivity index (χ0) is 42.6. The van der Waals surface area contributed by atoms with Crippen LogP contribution in [0.1, 0.15) is 118 Å². The Hall–Kier alpha value is -6.64.